The molecule has 2 rings (SSSR count). The number of esters is 1. The maximum Gasteiger partial charge on any atom is 0.430 e. The van der Waals surface area contributed by atoms with Crippen molar-refractivity contribution in [1.82, 2.24) is 14.8 Å². The van der Waals surface area contributed by atoms with E-state index in [0.717, 1.165) is 11.3 Å². The van der Waals surface area contributed by atoms with Gasteiger partial charge in [0, 0.05) is 23.7 Å². The molecule has 0 fully saturated rings. The van der Waals surface area contributed by atoms with Gasteiger partial charge >= 0.3 is 12.1 Å². The standard InChI is InChI=1S/C12H12F3N3O2S/c1-6-9(7(2)18(3)17-6)10(12(13,14)15)20-11(19)8-4-21-5-16-8/h4-5,10H,1-3H3/t10-/m0/s1. The lowest BCUT2D eigenvalue weighted by atomic mass is 10.1. The third kappa shape index (κ3) is 3.07. The zero-order valence-electron chi connectivity index (χ0n) is 11.4. The zero-order chi connectivity index (χ0) is 15.8. The number of carbonyl (C=O) groups excluding carboxylic acids is 1. The minimum Gasteiger partial charge on any atom is -0.443 e. The van der Waals surface area contributed by atoms with Crippen LogP contribution >= 0.6 is 11.3 Å². The van der Waals surface area contributed by atoms with Crippen LogP contribution in [0.15, 0.2) is 10.9 Å². The van der Waals surface area contributed by atoms with E-state index in [1.165, 1.54) is 36.5 Å². The first-order valence-electron chi connectivity index (χ1n) is 5.87. The van der Waals surface area contributed by atoms with Gasteiger partial charge in [-0.05, 0) is 13.8 Å². The molecule has 0 saturated heterocycles. The summed E-state index contributed by atoms with van der Waals surface area (Å²) in [6.07, 6.45) is -7.09. The fourth-order valence-corrected chi connectivity index (χ4v) is 2.46. The molecule has 2 heterocycles. The van der Waals surface area contributed by atoms with Gasteiger partial charge in [0.15, 0.2) is 5.69 Å². The molecule has 0 aromatic carbocycles. The van der Waals surface area contributed by atoms with E-state index in [1.54, 1.807) is 0 Å². The van der Waals surface area contributed by atoms with Crippen molar-refractivity contribution in [2.24, 2.45) is 7.05 Å². The smallest absolute Gasteiger partial charge is 0.430 e. The molecule has 2 aromatic rings. The number of carbonyl (C=O) groups is 1. The number of rotatable bonds is 3. The number of ether oxygens (including phenoxy) is 1. The normalized spacial score (nSPS) is 13.2. The van der Waals surface area contributed by atoms with Gasteiger partial charge in [-0.25, -0.2) is 9.78 Å². The number of alkyl halides is 3. The molecular formula is C12H12F3N3O2S. The summed E-state index contributed by atoms with van der Waals surface area (Å²) < 4.78 is 45.7. The second-order valence-electron chi connectivity index (χ2n) is 4.41. The van der Waals surface area contributed by atoms with Crippen LogP contribution in [0.3, 0.4) is 0 Å². The molecule has 21 heavy (non-hydrogen) atoms. The first kappa shape index (κ1) is 15.5. The molecule has 0 spiro atoms. The van der Waals surface area contributed by atoms with Crippen molar-refractivity contribution in [3.05, 3.63) is 33.5 Å². The summed E-state index contributed by atoms with van der Waals surface area (Å²) in [7, 11) is 1.53. The second kappa shape index (κ2) is 5.47. The number of aromatic nitrogens is 3. The molecule has 0 aliphatic rings. The van der Waals surface area contributed by atoms with Crippen molar-refractivity contribution in [2.75, 3.05) is 0 Å². The lowest BCUT2D eigenvalue weighted by Crippen LogP contribution is -2.27. The zero-order valence-corrected chi connectivity index (χ0v) is 12.2. The van der Waals surface area contributed by atoms with Crippen LogP contribution in [0.2, 0.25) is 0 Å². The Kier molecular flexibility index (Phi) is 4.04. The van der Waals surface area contributed by atoms with E-state index in [9.17, 15) is 18.0 Å². The van der Waals surface area contributed by atoms with Crippen LogP contribution in [0.5, 0.6) is 0 Å². The van der Waals surface area contributed by atoms with Crippen LogP contribution in [-0.4, -0.2) is 26.9 Å². The Labute approximate surface area is 122 Å². The fraction of sp³-hybridized carbons (Fsp3) is 0.417. The fourth-order valence-electron chi connectivity index (χ4n) is 1.94. The van der Waals surface area contributed by atoms with Gasteiger partial charge < -0.3 is 4.74 Å². The van der Waals surface area contributed by atoms with E-state index < -0.39 is 18.2 Å². The van der Waals surface area contributed by atoms with E-state index in [-0.39, 0.29) is 17.0 Å². The van der Waals surface area contributed by atoms with E-state index in [1.807, 2.05) is 0 Å². The molecule has 0 unspecified atom stereocenters. The highest BCUT2D eigenvalue weighted by molar-refractivity contribution is 7.07. The van der Waals surface area contributed by atoms with Gasteiger partial charge in [0.05, 0.1) is 11.2 Å². The van der Waals surface area contributed by atoms with Crippen molar-refractivity contribution >= 4 is 17.3 Å². The summed E-state index contributed by atoms with van der Waals surface area (Å²) in [4.78, 5) is 15.4. The van der Waals surface area contributed by atoms with E-state index in [2.05, 4.69) is 14.8 Å². The van der Waals surface area contributed by atoms with Gasteiger partial charge in [-0.15, -0.1) is 11.3 Å². The van der Waals surface area contributed by atoms with Gasteiger partial charge in [-0.1, -0.05) is 0 Å². The number of hydrogen-bond acceptors (Lipinski definition) is 5. The maximum atomic E-state index is 13.2. The molecule has 5 nitrogen and oxygen atoms in total. The summed E-state index contributed by atoms with van der Waals surface area (Å²) in [5.41, 5.74) is 1.52. The number of hydrogen-bond donors (Lipinski definition) is 0. The molecule has 0 amide bonds. The summed E-state index contributed by atoms with van der Waals surface area (Å²) in [5, 5.41) is 5.26. The van der Waals surface area contributed by atoms with Crippen molar-refractivity contribution in [3.63, 3.8) is 0 Å². The van der Waals surface area contributed by atoms with Crippen LogP contribution in [0, 0.1) is 13.8 Å². The molecule has 0 aliphatic carbocycles. The topological polar surface area (TPSA) is 57.0 Å². The predicted octanol–water partition coefficient (Wildman–Crippen LogP) is 2.95. The predicted molar refractivity (Wildman–Crippen MR) is 69.0 cm³/mol. The van der Waals surface area contributed by atoms with Gasteiger partial charge in [0.1, 0.15) is 0 Å². The van der Waals surface area contributed by atoms with Crippen LogP contribution in [0.4, 0.5) is 13.2 Å². The Hall–Kier alpha value is -1.90. The molecule has 0 saturated carbocycles. The molecule has 0 radical (unpaired) electrons. The van der Waals surface area contributed by atoms with Gasteiger partial charge in [0.25, 0.3) is 0 Å². The molecule has 0 N–H and O–H groups in total. The number of nitrogens with zero attached hydrogens (tertiary/aromatic N) is 3. The molecule has 9 heteroatoms. The Morgan fingerprint density at radius 2 is 2.10 bits per heavy atom. The SMILES string of the molecule is Cc1nn(C)c(C)c1[C@H](OC(=O)c1cscn1)C(F)(F)F. The Balaban J connectivity index is 2.38. The third-order valence-electron chi connectivity index (χ3n) is 2.99. The Bertz CT molecular complexity index is 649. The van der Waals surface area contributed by atoms with Gasteiger partial charge in [-0.3, -0.25) is 4.68 Å². The highest BCUT2D eigenvalue weighted by Gasteiger charge is 2.47. The molecule has 0 bridgehead atoms. The maximum absolute atomic E-state index is 13.2. The average molecular weight is 319 g/mol. The monoisotopic (exact) mass is 319 g/mol. The summed E-state index contributed by atoms with van der Waals surface area (Å²) >= 11 is 1.10. The molecule has 0 aliphatic heterocycles. The number of aryl methyl sites for hydroxylation is 2. The summed E-state index contributed by atoms with van der Waals surface area (Å²) in [5.74, 6) is -1.11. The third-order valence-corrected chi connectivity index (χ3v) is 3.58. The van der Waals surface area contributed by atoms with Crippen molar-refractivity contribution in [2.45, 2.75) is 26.1 Å². The highest BCUT2D eigenvalue weighted by atomic mass is 32.1. The van der Waals surface area contributed by atoms with Crippen LogP contribution in [0.1, 0.15) is 33.5 Å². The molecule has 1 atom stereocenters. The first-order chi connectivity index (χ1) is 9.71. The lowest BCUT2D eigenvalue weighted by Gasteiger charge is -2.21. The summed E-state index contributed by atoms with van der Waals surface area (Å²) in [6.45, 7) is 2.93. The van der Waals surface area contributed by atoms with Gasteiger partial charge in [0.2, 0.25) is 6.10 Å². The second-order valence-corrected chi connectivity index (χ2v) is 5.13. The van der Waals surface area contributed by atoms with E-state index >= 15 is 0 Å². The van der Waals surface area contributed by atoms with Crippen LogP contribution in [0.25, 0.3) is 0 Å². The average Bonchev–Trinajstić information content (AvgIpc) is 2.96. The number of thiazole rings is 1. The van der Waals surface area contributed by atoms with Crippen molar-refractivity contribution < 1.29 is 22.7 Å². The molecule has 114 valence electrons. The lowest BCUT2D eigenvalue weighted by molar-refractivity contribution is -0.207. The van der Waals surface area contributed by atoms with Crippen molar-refractivity contribution in [3.8, 4) is 0 Å². The summed E-state index contributed by atoms with van der Waals surface area (Å²) in [6, 6.07) is 0. The number of halogens is 3. The van der Waals surface area contributed by atoms with Gasteiger partial charge in [-0.2, -0.15) is 18.3 Å². The quantitative estimate of drug-likeness (QED) is 0.816. The van der Waals surface area contributed by atoms with Crippen molar-refractivity contribution in [1.29, 1.82) is 0 Å². The van der Waals surface area contributed by atoms with E-state index in [0.29, 0.717) is 5.69 Å². The largest absolute Gasteiger partial charge is 0.443 e. The Morgan fingerprint density at radius 3 is 2.52 bits per heavy atom. The highest BCUT2D eigenvalue weighted by Crippen LogP contribution is 2.39. The Morgan fingerprint density at radius 1 is 1.43 bits per heavy atom. The first-order valence-corrected chi connectivity index (χ1v) is 6.82. The minimum atomic E-state index is -4.73. The van der Waals surface area contributed by atoms with E-state index in [4.69, 9.17) is 0 Å². The van der Waals surface area contributed by atoms with Crippen LogP contribution < -0.4 is 0 Å². The molecule has 2 aromatic heterocycles. The van der Waals surface area contributed by atoms with Crippen LogP contribution in [-0.2, 0) is 11.8 Å². The minimum absolute atomic E-state index is 0.145. The molecular weight excluding hydrogens is 307 g/mol.